The molecule has 0 radical (unpaired) electrons. The van der Waals surface area contributed by atoms with Gasteiger partial charge in [0.05, 0.1) is 6.04 Å². The number of nitrogens with two attached hydrogens (primary N) is 1. The molecule has 0 aromatic rings. The molecular weight excluding hydrogens is 196 g/mol. The third kappa shape index (κ3) is 6.68. The minimum atomic E-state index is -0.947. The summed E-state index contributed by atoms with van der Waals surface area (Å²) in [4.78, 5) is 21.6. The van der Waals surface area contributed by atoms with Gasteiger partial charge in [-0.15, -0.1) is 6.58 Å². The Labute approximate surface area is 89.3 Å². The van der Waals surface area contributed by atoms with Gasteiger partial charge in [0.2, 0.25) is 5.91 Å². The molecule has 4 N–H and O–H groups in total. The van der Waals surface area contributed by atoms with Crippen molar-refractivity contribution in [2.24, 2.45) is 5.73 Å². The number of amides is 1. The second-order valence-electron chi connectivity index (χ2n) is 3.47. The largest absolute Gasteiger partial charge is 0.481 e. The van der Waals surface area contributed by atoms with Gasteiger partial charge in [-0.25, -0.2) is 0 Å². The van der Waals surface area contributed by atoms with E-state index in [1.165, 1.54) is 0 Å². The van der Waals surface area contributed by atoms with Crippen LogP contribution < -0.4 is 11.1 Å². The van der Waals surface area contributed by atoms with Crippen LogP contribution in [0.4, 0.5) is 0 Å². The molecule has 0 heterocycles. The Morgan fingerprint density at radius 3 is 2.67 bits per heavy atom. The lowest BCUT2D eigenvalue weighted by atomic mass is 10.1. The highest BCUT2D eigenvalue weighted by molar-refractivity contribution is 5.82. The van der Waals surface area contributed by atoms with E-state index >= 15 is 0 Å². The first-order valence-corrected chi connectivity index (χ1v) is 4.86. The average Bonchev–Trinajstić information content (AvgIpc) is 2.14. The van der Waals surface area contributed by atoms with Crippen molar-refractivity contribution < 1.29 is 14.7 Å². The van der Waals surface area contributed by atoms with Crippen LogP contribution in [-0.4, -0.2) is 29.1 Å². The zero-order chi connectivity index (χ0) is 11.8. The number of aliphatic carboxylic acids is 1. The van der Waals surface area contributed by atoms with E-state index in [1.807, 2.05) is 6.92 Å². The van der Waals surface area contributed by atoms with Crippen LogP contribution in [0.25, 0.3) is 0 Å². The smallest absolute Gasteiger partial charge is 0.303 e. The number of hydrogen-bond donors (Lipinski definition) is 3. The maximum atomic E-state index is 11.4. The predicted molar refractivity (Wildman–Crippen MR) is 57.3 cm³/mol. The number of nitrogens with one attached hydrogen (secondary N) is 1. The topological polar surface area (TPSA) is 92.4 Å². The highest BCUT2D eigenvalue weighted by atomic mass is 16.4. The molecule has 0 aliphatic rings. The molecule has 1 amide bonds. The summed E-state index contributed by atoms with van der Waals surface area (Å²) in [5, 5.41) is 11.1. The summed E-state index contributed by atoms with van der Waals surface area (Å²) in [7, 11) is 0. The minimum Gasteiger partial charge on any atom is -0.481 e. The van der Waals surface area contributed by atoms with Crippen LogP contribution in [0.1, 0.15) is 26.2 Å². The molecule has 0 fully saturated rings. The van der Waals surface area contributed by atoms with Crippen LogP contribution >= 0.6 is 0 Å². The van der Waals surface area contributed by atoms with Crippen LogP contribution in [-0.2, 0) is 9.59 Å². The fourth-order valence-electron chi connectivity index (χ4n) is 1.07. The van der Waals surface area contributed by atoms with E-state index in [1.54, 1.807) is 6.08 Å². The highest BCUT2D eigenvalue weighted by Gasteiger charge is 2.15. The average molecular weight is 214 g/mol. The first-order valence-electron chi connectivity index (χ1n) is 4.86. The van der Waals surface area contributed by atoms with Gasteiger partial charge in [0, 0.05) is 12.5 Å². The van der Waals surface area contributed by atoms with Gasteiger partial charge < -0.3 is 16.2 Å². The lowest BCUT2D eigenvalue weighted by molar-refractivity contribution is -0.137. The summed E-state index contributed by atoms with van der Waals surface area (Å²) in [6.45, 7) is 5.39. The lowest BCUT2D eigenvalue weighted by Crippen LogP contribution is -2.44. The quantitative estimate of drug-likeness (QED) is 0.530. The zero-order valence-corrected chi connectivity index (χ0v) is 8.90. The molecule has 0 saturated carbocycles. The third-order valence-electron chi connectivity index (χ3n) is 1.91. The van der Waals surface area contributed by atoms with Crippen molar-refractivity contribution >= 4 is 11.9 Å². The summed E-state index contributed by atoms with van der Waals surface area (Å²) in [5.74, 6) is -1.26. The van der Waals surface area contributed by atoms with Crippen LogP contribution in [0, 0.1) is 0 Å². The van der Waals surface area contributed by atoms with Crippen molar-refractivity contribution in [2.75, 3.05) is 0 Å². The van der Waals surface area contributed by atoms with E-state index in [-0.39, 0.29) is 24.8 Å². The molecule has 0 rings (SSSR count). The van der Waals surface area contributed by atoms with Crippen LogP contribution in [0.15, 0.2) is 12.7 Å². The Balaban J connectivity index is 3.87. The van der Waals surface area contributed by atoms with Gasteiger partial charge in [-0.1, -0.05) is 6.08 Å². The van der Waals surface area contributed by atoms with Gasteiger partial charge in [-0.2, -0.15) is 0 Å². The van der Waals surface area contributed by atoms with Gasteiger partial charge in [-0.05, 0) is 19.8 Å². The standard InChI is InChI=1S/C10H18N2O3/c1-3-4-7(2)12-10(15)8(11)5-6-9(13)14/h3,7-8H,1,4-6,11H2,2H3,(H,12,15)(H,13,14). The van der Waals surface area contributed by atoms with Crippen LogP contribution in [0.3, 0.4) is 0 Å². The number of carbonyl (C=O) groups is 2. The Bertz CT molecular complexity index is 241. The van der Waals surface area contributed by atoms with Crippen LogP contribution in [0.2, 0.25) is 0 Å². The molecule has 5 nitrogen and oxygen atoms in total. The number of carboxylic acids is 1. The maximum Gasteiger partial charge on any atom is 0.303 e. The van der Waals surface area contributed by atoms with Crippen molar-refractivity contribution in [2.45, 2.75) is 38.3 Å². The zero-order valence-electron chi connectivity index (χ0n) is 8.90. The first-order chi connectivity index (χ1) is 6.97. The summed E-state index contributed by atoms with van der Waals surface area (Å²) in [6, 6.07) is -0.778. The molecule has 0 aliphatic carbocycles. The van der Waals surface area contributed by atoms with Gasteiger partial charge in [0.1, 0.15) is 0 Å². The molecule has 0 saturated heterocycles. The molecule has 0 aromatic carbocycles. The Morgan fingerprint density at radius 2 is 2.20 bits per heavy atom. The molecule has 86 valence electrons. The molecular formula is C10H18N2O3. The van der Waals surface area contributed by atoms with Gasteiger partial charge in [-0.3, -0.25) is 9.59 Å². The highest BCUT2D eigenvalue weighted by Crippen LogP contribution is 1.97. The fourth-order valence-corrected chi connectivity index (χ4v) is 1.07. The van der Waals surface area contributed by atoms with Gasteiger partial charge >= 0.3 is 5.97 Å². The summed E-state index contributed by atoms with van der Waals surface area (Å²) >= 11 is 0. The van der Waals surface area contributed by atoms with E-state index in [0.29, 0.717) is 6.42 Å². The molecule has 0 bridgehead atoms. The molecule has 2 atom stereocenters. The summed E-state index contributed by atoms with van der Waals surface area (Å²) in [5.41, 5.74) is 5.51. The van der Waals surface area contributed by atoms with Crippen LogP contribution in [0.5, 0.6) is 0 Å². The predicted octanol–water partition coefficient (Wildman–Crippen LogP) is 0.259. The summed E-state index contributed by atoms with van der Waals surface area (Å²) < 4.78 is 0. The van der Waals surface area contributed by atoms with E-state index in [9.17, 15) is 9.59 Å². The third-order valence-corrected chi connectivity index (χ3v) is 1.91. The number of hydrogen-bond acceptors (Lipinski definition) is 3. The minimum absolute atomic E-state index is 0.0223. The fraction of sp³-hybridized carbons (Fsp3) is 0.600. The molecule has 2 unspecified atom stereocenters. The van der Waals surface area contributed by atoms with Gasteiger partial charge in [0.15, 0.2) is 0 Å². The molecule has 0 aromatic heterocycles. The number of carbonyl (C=O) groups excluding carboxylic acids is 1. The Kier molecular flexibility index (Phi) is 6.37. The van der Waals surface area contributed by atoms with Crippen molar-refractivity contribution in [3.8, 4) is 0 Å². The van der Waals surface area contributed by atoms with E-state index in [0.717, 1.165) is 0 Å². The Hall–Kier alpha value is -1.36. The van der Waals surface area contributed by atoms with Crippen molar-refractivity contribution in [1.82, 2.24) is 5.32 Å². The lowest BCUT2D eigenvalue weighted by Gasteiger charge is -2.15. The number of carboxylic acid groups (broad SMARTS) is 1. The molecule has 0 aliphatic heterocycles. The van der Waals surface area contributed by atoms with Crippen molar-refractivity contribution in [3.63, 3.8) is 0 Å². The van der Waals surface area contributed by atoms with Gasteiger partial charge in [0.25, 0.3) is 0 Å². The number of rotatable bonds is 7. The molecule has 5 heteroatoms. The normalized spacial score (nSPS) is 14.0. The molecule has 15 heavy (non-hydrogen) atoms. The monoisotopic (exact) mass is 214 g/mol. The first kappa shape index (κ1) is 13.6. The second kappa shape index (κ2) is 7.00. The van der Waals surface area contributed by atoms with E-state index in [4.69, 9.17) is 10.8 Å². The summed E-state index contributed by atoms with van der Waals surface area (Å²) in [6.07, 6.45) is 2.43. The van der Waals surface area contributed by atoms with E-state index < -0.39 is 12.0 Å². The SMILES string of the molecule is C=CCC(C)NC(=O)C(N)CCC(=O)O. The second-order valence-corrected chi connectivity index (χ2v) is 3.47. The Morgan fingerprint density at radius 1 is 1.60 bits per heavy atom. The van der Waals surface area contributed by atoms with Crippen molar-refractivity contribution in [1.29, 1.82) is 0 Å². The molecule has 0 spiro atoms. The van der Waals surface area contributed by atoms with Crippen molar-refractivity contribution in [3.05, 3.63) is 12.7 Å². The van der Waals surface area contributed by atoms with E-state index in [2.05, 4.69) is 11.9 Å². The maximum absolute atomic E-state index is 11.4.